The van der Waals surface area contributed by atoms with Gasteiger partial charge in [0, 0.05) is 19.6 Å². The molecule has 4 aliphatic rings. The standard InChI is InChI=1S/C15H22O4/c1-3-11-10(16-7-1)5-6-13-15(19-11)9-14-12(18-13)4-2-8-17-14/h5-6,10-15H,1-4,7-9H2/t10-,11+,12-,13+,14+,15-/m0/s1. The number of fused-ring (bicyclic) bond motifs is 3. The zero-order valence-electron chi connectivity index (χ0n) is 11.2. The smallest absolute Gasteiger partial charge is 0.102 e. The van der Waals surface area contributed by atoms with Crippen LogP contribution in [0.4, 0.5) is 0 Å². The van der Waals surface area contributed by atoms with Gasteiger partial charge in [-0.25, -0.2) is 0 Å². The third-order valence-electron chi connectivity index (χ3n) is 4.69. The summed E-state index contributed by atoms with van der Waals surface area (Å²) in [6.07, 6.45) is 10.7. The molecule has 0 saturated carbocycles. The van der Waals surface area contributed by atoms with Gasteiger partial charge in [0.05, 0.1) is 24.4 Å². The second-order valence-corrected chi connectivity index (χ2v) is 6.00. The van der Waals surface area contributed by atoms with Crippen molar-refractivity contribution in [1.82, 2.24) is 0 Å². The predicted octanol–water partition coefficient (Wildman–Crippen LogP) is 1.83. The van der Waals surface area contributed by atoms with E-state index in [0.29, 0.717) is 0 Å². The van der Waals surface area contributed by atoms with Gasteiger partial charge < -0.3 is 18.9 Å². The lowest BCUT2D eigenvalue weighted by atomic mass is 9.93. The highest BCUT2D eigenvalue weighted by Crippen LogP contribution is 2.34. The van der Waals surface area contributed by atoms with Crippen molar-refractivity contribution in [2.75, 3.05) is 13.2 Å². The Hall–Kier alpha value is -0.420. The van der Waals surface area contributed by atoms with Crippen LogP contribution in [-0.4, -0.2) is 49.8 Å². The van der Waals surface area contributed by atoms with Gasteiger partial charge in [-0.15, -0.1) is 0 Å². The molecule has 106 valence electrons. The highest BCUT2D eigenvalue weighted by molar-refractivity contribution is 5.07. The molecule has 0 aromatic carbocycles. The molecule has 0 aromatic heterocycles. The summed E-state index contributed by atoms with van der Waals surface area (Å²) >= 11 is 0. The average Bonchev–Trinajstić information content (AvgIpc) is 2.63. The Balaban J connectivity index is 1.51. The van der Waals surface area contributed by atoms with Crippen LogP contribution in [0.25, 0.3) is 0 Å². The van der Waals surface area contributed by atoms with E-state index in [1.165, 1.54) is 0 Å². The van der Waals surface area contributed by atoms with Crippen LogP contribution in [0.15, 0.2) is 12.2 Å². The molecular weight excluding hydrogens is 244 g/mol. The van der Waals surface area contributed by atoms with Crippen LogP contribution in [0.2, 0.25) is 0 Å². The van der Waals surface area contributed by atoms with Gasteiger partial charge in [-0.05, 0) is 25.7 Å². The van der Waals surface area contributed by atoms with Crippen LogP contribution in [0.5, 0.6) is 0 Å². The third kappa shape index (κ3) is 2.35. The highest BCUT2D eigenvalue weighted by Gasteiger charge is 2.43. The van der Waals surface area contributed by atoms with Crippen LogP contribution in [0, 0.1) is 0 Å². The summed E-state index contributed by atoms with van der Waals surface area (Å²) in [5, 5.41) is 0. The summed E-state index contributed by atoms with van der Waals surface area (Å²) in [4.78, 5) is 0. The van der Waals surface area contributed by atoms with Crippen molar-refractivity contribution in [1.29, 1.82) is 0 Å². The molecule has 0 N–H and O–H groups in total. The number of hydrogen-bond acceptors (Lipinski definition) is 4. The molecular formula is C15H22O4. The van der Waals surface area contributed by atoms with E-state index in [0.717, 1.165) is 45.3 Å². The fourth-order valence-electron chi connectivity index (χ4n) is 3.69. The summed E-state index contributed by atoms with van der Waals surface area (Å²) in [6.45, 7) is 1.71. The van der Waals surface area contributed by atoms with Crippen molar-refractivity contribution in [3.63, 3.8) is 0 Å². The molecule has 0 radical (unpaired) electrons. The van der Waals surface area contributed by atoms with Crippen LogP contribution in [0.1, 0.15) is 32.1 Å². The van der Waals surface area contributed by atoms with E-state index in [1.54, 1.807) is 0 Å². The molecule has 4 nitrogen and oxygen atoms in total. The first-order valence-corrected chi connectivity index (χ1v) is 7.62. The largest absolute Gasteiger partial charge is 0.375 e. The van der Waals surface area contributed by atoms with Gasteiger partial charge in [-0.2, -0.15) is 0 Å². The Morgan fingerprint density at radius 3 is 2.42 bits per heavy atom. The number of rotatable bonds is 0. The summed E-state index contributed by atoms with van der Waals surface area (Å²) in [6, 6.07) is 0. The maximum Gasteiger partial charge on any atom is 0.102 e. The van der Waals surface area contributed by atoms with Gasteiger partial charge in [-0.3, -0.25) is 0 Å². The lowest BCUT2D eigenvalue weighted by molar-refractivity contribution is -0.217. The molecule has 19 heavy (non-hydrogen) atoms. The van der Waals surface area contributed by atoms with Crippen molar-refractivity contribution >= 4 is 0 Å². The first kappa shape index (κ1) is 12.3. The molecule has 3 saturated heterocycles. The Labute approximate surface area is 114 Å². The van der Waals surface area contributed by atoms with Gasteiger partial charge in [0.1, 0.15) is 12.2 Å². The first-order chi connectivity index (χ1) is 9.40. The molecule has 6 atom stereocenters. The zero-order chi connectivity index (χ0) is 12.7. The van der Waals surface area contributed by atoms with Crippen LogP contribution in [-0.2, 0) is 18.9 Å². The van der Waals surface area contributed by atoms with E-state index in [1.807, 2.05) is 0 Å². The Bertz CT molecular complexity index is 356. The van der Waals surface area contributed by atoms with Crippen molar-refractivity contribution < 1.29 is 18.9 Å². The van der Waals surface area contributed by atoms with E-state index in [2.05, 4.69) is 12.2 Å². The molecule has 4 rings (SSSR count). The molecule has 0 aromatic rings. The van der Waals surface area contributed by atoms with Gasteiger partial charge >= 0.3 is 0 Å². The monoisotopic (exact) mass is 266 g/mol. The first-order valence-electron chi connectivity index (χ1n) is 7.62. The predicted molar refractivity (Wildman–Crippen MR) is 69.0 cm³/mol. The summed E-state index contributed by atoms with van der Waals surface area (Å²) in [5.41, 5.74) is 0. The second kappa shape index (κ2) is 5.17. The maximum absolute atomic E-state index is 6.28. The molecule has 3 fully saturated rings. The Kier molecular flexibility index (Phi) is 3.35. The van der Waals surface area contributed by atoms with Crippen molar-refractivity contribution in [2.45, 2.75) is 68.7 Å². The van der Waals surface area contributed by atoms with Crippen molar-refractivity contribution in [2.24, 2.45) is 0 Å². The van der Waals surface area contributed by atoms with Crippen LogP contribution >= 0.6 is 0 Å². The summed E-state index contributed by atoms with van der Waals surface area (Å²) in [7, 11) is 0. The lowest BCUT2D eigenvalue weighted by Crippen LogP contribution is -2.51. The van der Waals surface area contributed by atoms with Gasteiger partial charge in [0.15, 0.2) is 0 Å². The Morgan fingerprint density at radius 2 is 1.47 bits per heavy atom. The molecule has 0 unspecified atom stereocenters. The zero-order valence-corrected chi connectivity index (χ0v) is 11.2. The third-order valence-corrected chi connectivity index (χ3v) is 4.69. The van der Waals surface area contributed by atoms with Crippen molar-refractivity contribution in [3.8, 4) is 0 Å². The SMILES string of the molecule is C1=C[C@H]2O[C@H]3CCCO[C@@H]3C[C@@H]2O[C@@H]2CCCO[C@@H]12. The Morgan fingerprint density at radius 1 is 0.684 bits per heavy atom. The number of ether oxygens (including phenoxy) is 4. The van der Waals surface area contributed by atoms with Gasteiger partial charge in [-0.1, -0.05) is 12.2 Å². The highest BCUT2D eigenvalue weighted by atomic mass is 16.6. The maximum atomic E-state index is 6.28. The van der Waals surface area contributed by atoms with Gasteiger partial charge in [0.25, 0.3) is 0 Å². The molecule has 0 bridgehead atoms. The summed E-state index contributed by atoms with van der Waals surface area (Å²) in [5.74, 6) is 0. The molecule has 4 heteroatoms. The fourth-order valence-corrected chi connectivity index (χ4v) is 3.69. The molecule has 4 aliphatic heterocycles. The topological polar surface area (TPSA) is 36.9 Å². The van der Waals surface area contributed by atoms with Gasteiger partial charge in [0.2, 0.25) is 0 Å². The summed E-state index contributed by atoms with van der Waals surface area (Å²) < 4.78 is 24.1. The second-order valence-electron chi connectivity index (χ2n) is 6.00. The van der Waals surface area contributed by atoms with E-state index in [4.69, 9.17) is 18.9 Å². The van der Waals surface area contributed by atoms with E-state index < -0.39 is 0 Å². The van der Waals surface area contributed by atoms with E-state index in [-0.39, 0.29) is 36.6 Å². The van der Waals surface area contributed by atoms with Crippen molar-refractivity contribution in [3.05, 3.63) is 12.2 Å². The average molecular weight is 266 g/mol. The normalized spacial score (nSPS) is 49.7. The van der Waals surface area contributed by atoms with Crippen LogP contribution in [0.3, 0.4) is 0 Å². The van der Waals surface area contributed by atoms with E-state index >= 15 is 0 Å². The molecule has 4 heterocycles. The minimum atomic E-state index is 0.0807. The lowest BCUT2D eigenvalue weighted by Gasteiger charge is -2.43. The minimum Gasteiger partial charge on any atom is -0.375 e. The number of hydrogen-bond donors (Lipinski definition) is 0. The quantitative estimate of drug-likeness (QED) is 0.627. The minimum absolute atomic E-state index is 0.0807. The molecule has 0 spiro atoms. The molecule has 0 amide bonds. The van der Waals surface area contributed by atoms with Crippen LogP contribution < -0.4 is 0 Å². The fraction of sp³-hybridized carbons (Fsp3) is 0.867. The van der Waals surface area contributed by atoms with E-state index in [9.17, 15) is 0 Å². The molecule has 0 aliphatic carbocycles.